The van der Waals surface area contributed by atoms with E-state index >= 15 is 0 Å². The summed E-state index contributed by atoms with van der Waals surface area (Å²) in [5, 5.41) is 6.57. The summed E-state index contributed by atoms with van der Waals surface area (Å²) in [6, 6.07) is 10.9. The molecule has 1 saturated heterocycles. The van der Waals surface area contributed by atoms with E-state index < -0.39 is 0 Å². The molecule has 1 aromatic rings. The quantitative estimate of drug-likeness (QED) is 0.355. The van der Waals surface area contributed by atoms with Crippen molar-refractivity contribution in [1.29, 1.82) is 0 Å². The molecule has 1 heterocycles. The molecule has 27 heavy (non-hydrogen) atoms. The molecular formula is C22H38N4O. The Kier molecular flexibility index (Phi) is 10.9. The molecule has 0 aliphatic carbocycles. The molecule has 1 fully saturated rings. The first-order valence-electron chi connectivity index (χ1n) is 10.6. The largest absolute Gasteiger partial charge is 0.383 e. The van der Waals surface area contributed by atoms with E-state index in [9.17, 15) is 0 Å². The number of methoxy groups -OCH3 is 1. The molecule has 0 atom stereocenters. The highest BCUT2D eigenvalue weighted by atomic mass is 16.5. The molecule has 1 aliphatic heterocycles. The first kappa shape index (κ1) is 21.7. The number of likely N-dealkylation sites (tertiary alicyclic amines) is 1. The molecule has 5 nitrogen and oxygen atoms in total. The predicted octanol–water partition coefficient (Wildman–Crippen LogP) is 2.92. The van der Waals surface area contributed by atoms with Gasteiger partial charge >= 0.3 is 0 Å². The van der Waals surface area contributed by atoms with E-state index in [0.29, 0.717) is 6.61 Å². The minimum absolute atomic E-state index is 0.699. The second-order valence-electron chi connectivity index (χ2n) is 7.36. The van der Waals surface area contributed by atoms with Crippen LogP contribution in [0.3, 0.4) is 0 Å². The van der Waals surface area contributed by atoms with Crippen LogP contribution in [-0.2, 0) is 11.2 Å². The van der Waals surface area contributed by atoms with Gasteiger partial charge in [-0.2, -0.15) is 0 Å². The summed E-state index contributed by atoms with van der Waals surface area (Å²) in [6.07, 6.45) is 6.28. The molecule has 1 aromatic carbocycles. The molecule has 0 bridgehead atoms. The summed E-state index contributed by atoms with van der Waals surface area (Å²) < 4.78 is 5.07. The van der Waals surface area contributed by atoms with Crippen molar-refractivity contribution in [3.05, 3.63) is 35.9 Å². The minimum atomic E-state index is 0.699. The highest BCUT2D eigenvalue weighted by Gasteiger charge is 2.18. The molecule has 0 saturated carbocycles. The lowest BCUT2D eigenvalue weighted by atomic mass is 9.90. The molecule has 0 aromatic heterocycles. The topological polar surface area (TPSA) is 48.9 Å². The molecule has 0 unspecified atom stereocenters. The number of nitrogens with zero attached hydrogens (tertiary/aromatic N) is 2. The van der Waals surface area contributed by atoms with Crippen molar-refractivity contribution in [3.63, 3.8) is 0 Å². The average Bonchev–Trinajstić information content (AvgIpc) is 2.70. The van der Waals surface area contributed by atoms with Gasteiger partial charge in [0.25, 0.3) is 0 Å². The van der Waals surface area contributed by atoms with Crippen molar-refractivity contribution in [1.82, 2.24) is 15.5 Å². The fraction of sp³-hybridized carbons (Fsp3) is 0.682. The van der Waals surface area contributed by atoms with Gasteiger partial charge in [-0.05, 0) is 70.1 Å². The van der Waals surface area contributed by atoms with Crippen LogP contribution in [0, 0.1) is 5.92 Å². The van der Waals surface area contributed by atoms with E-state index in [1.54, 1.807) is 7.11 Å². The van der Waals surface area contributed by atoms with E-state index in [-0.39, 0.29) is 0 Å². The van der Waals surface area contributed by atoms with Crippen LogP contribution >= 0.6 is 0 Å². The Labute approximate surface area is 165 Å². The number of rotatable bonds is 11. The van der Waals surface area contributed by atoms with E-state index in [0.717, 1.165) is 37.9 Å². The SMILES string of the molecule is CCNC(=NCCCCN1CCC(Cc2ccccc2)CC1)NCCOC. The predicted molar refractivity (Wildman–Crippen MR) is 114 cm³/mol. The van der Waals surface area contributed by atoms with Gasteiger partial charge in [0.15, 0.2) is 5.96 Å². The van der Waals surface area contributed by atoms with Crippen LogP contribution in [0.15, 0.2) is 35.3 Å². The number of nitrogens with one attached hydrogen (secondary N) is 2. The van der Waals surface area contributed by atoms with E-state index in [1.807, 2.05) is 0 Å². The zero-order chi connectivity index (χ0) is 19.2. The van der Waals surface area contributed by atoms with E-state index in [2.05, 4.69) is 57.8 Å². The molecule has 1 aliphatic rings. The monoisotopic (exact) mass is 374 g/mol. The maximum absolute atomic E-state index is 5.07. The van der Waals surface area contributed by atoms with Gasteiger partial charge in [-0.25, -0.2) is 0 Å². The van der Waals surface area contributed by atoms with E-state index in [1.165, 1.54) is 50.9 Å². The lowest BCUT2D eigenvalue weighted by Gasteiger charge is -2.32. The van der Waals surface area contributed by atoms with Crippen LogP contribution < -0.4 is 10.6 Å². The summed E-state index contributed by atoms with van der Waals surface area (Å²) >= 11 is 0. The number of guanidine groups is 1. The second kappa shape index (κ2) is 13.6. The summed E-state index contributed by atoms with van der Waals surface area (Å²) in [6.45, 7) is 9.06. The number of hydrogen-bond donors (Lipinski definition) is 2. The van der Waals surface area contributed by atoms with Crippen LogP contribution in [0.25, 0.3) is 0 Å². The summed E-state index contributed by atoms with van der Waals surface area (Å²) in [7, 11) is 1.72. The Hall–Kier alpha value is -1.59. The fourth-order valence-corrected chi connectivity index (χ4v) is 3.61. The number of hydrogen-bond acceptors (Lipinski definition) is 3. The van der Waals surface area contributed by atoms with Gasteiger partial charge in [-0.15, -0.1) is 0 Å². The van der Waals surface area contributed by atoms with Gasteiger partial charge in [0, 0.05) is 26.7 Å². The van der Waals surface area contributed by atoms with Gasteiger partial charge in [-0.1, -0.05) is 30.3 Å². The van der Waals surface area contributed by atoms with Crippen molar-refractivity contribution in [3.8, 4) is 0 Å². The average molecular weight is 375 g/mol. The Morgan fingerprint density at radius 2 is 1.93 bits per heavy atom. The summed E-state index contributed by atoms with van der Waals surface area (Å²) in [4.78, 5) is 7.28. The fourth-order valence-electron chi connectivity index (χ4n) is 3.61. The molecule has 2 N–H and O–H groups in total. The first-order valence-corrected chi connectivity index (χ1v) is 10.6. The lowest BCUT2D eigenvalue weighted by molar-refractivity contribution is 0.181. The molecule has 0 radical (unpaired) electrons. The maximum Gasteiger partial charge on any atom is 0.191 e. The molecule has 5 heteroatoms. The van der Waals surface area contributed by atoms with Crippen LogP contribution in [0.2, 0.25) is 0 Å². The number of ether oxygens (including phenoxy) is 1. The highest BCUT2D eigenvalue weighted by molar-refractivity contribution is 5.79. The zero-order valence-electron chi connectivity index (χ0n) is 17.3. The van der Waals surface area contributed by atoms with Crippen LogP contribution in [-0.4, -0.2) is 63.8 Å². The summed E-state index contributed by atoms with van der Waals surface area (Å²) in [5.74, 6) is 1.75. The van der Waals surface area contributed by atoms with Crippen molar-refractivity contribution in [2.24, 2.45) is 10.9 Å². The maximum atomic E-state index is 5.07. The van der Waals surface area contributed by atoms with Crippen LogP contribution in [0.5, 0.6) is 0 Å². The number of piperidine rings is 1. The highest BCUT2D eigenvalue weighted by Crippen LogP contribution is 2.21. The third-order valence-corrected chi connectivity index (χ3v) is 5.17. The Morgan fingerprint density at radius 1 is 1.15 bits per heavy atom. The third kappa shape index (κ3) is 9.25. The smallest absolute Gasteiger partial charge is 0.191 e. The lowest BCUT2D eigenvalue weighted by Crippen LogP contribution is -2.39. The standard InChI is InChI=1S/C22H38N4O/c1-3-23-22(25-14-18-27-2)24-13-7-8-15-26-16-11-21(12-17-26)19-20-9-5-4-6-10-20/h4-6,9-10,21H,3,7-8,11-19H2,1-2H3,(H2,23,24,25). The van der Waals surface area contributed by atoms with Crippen molar-refractivity contribution in [2.45, 2.75) is 39.0 Å². The Balaban J connectivity index is 1.56. The molecular weight excluding hydrogens is 336 g/mol. The van der Waals surface area contributed by atoms with Crippen LogP contribution in [0.4, 0.5) is 0 Å². The van der Waals surface area contributed by atoms with Gasteiger partial charge in [0.2, 0.25) is 0 Å². The molecule has 152 valence electrons. The molecule has 0 amide bonds. The van der Waals surface area contributed by atoms with Gasteiger partial charge in [0.05, 0.1) is 6.61 Å². The second-order valence-corrected chi connectivity index (χ2v) is 7.36. The third-order valence-electron chi connectivity index (χ3n) is 5.17. The number of aliphatic imine (C=N–C) groups is 1. The van der Waals surface area contributed by atoms with Gasteiger partial charge < -0.3 is 20.3 Å². The number of unbranched alkanes of at least 4 members (excludes halogenated alkanes) is 1. The number of benzene rings is 1. The molecule has 2 rings (SSSR count). The van der Waals surface area contributed by atoms with Crippen molar-refractivity contribution in [2.75, 3.05) is 53.0 Å². The van der Waals surface area contributed by atoms with Gasteiger partial charge in [0.1, 0.15) is 0 Å². The first-order chi connectivity index (χ1) is 13.3. The Morgan fingerprint density at radius 3 is 2.63 bits per heavy atom. The zero-order valence-corrected chi connectivity index (χ0v) is 17.3. The minimum Gasteiger partial charge on any atom is -0.383 e. The molecule has 0 spiro atoms. The van der Waals surface area contributed by atoms with Gasteiger partial charge in [-0.3, -0.25) is 4.99 Å². The van der Waals surface area contributed by atoms with E-state index in [4.69, 9.17) is 4.74 Å². The normalized spacial score (nSPS) is 16.4. The van der Waals surface area contributed by atoms with Crippen molar-refractivity contribution < 1.29 is 4.74 Å². The van der Waals surface area contributed by atoms with Crippen LogP contribution in [0.1, 0.15) is 38.2 Å². The van der Waals surface area contributed by atoms with Crippen molar-refractivity contribution >= 4 is 5.96 Å². The Bertz CT molecular complexity index is 512. The summed E-state index contributed by atoms with van der Waals surface area (Å²) in [5.41, 5.74) is 1.49.